The molecule has 2 nitrogen and oxygen atoms in total. The van der Waals surface area contributed by atoms with Crippen molar-refractivity contribution in [2.24, 2.45) is 0 Å². The Morgan fingerprint density at radius 1 is 1.06 bits per heavy atom. The van der Waals surface area contributed by atoms with Crippen molar-refractivity contribution >= 4 is 21.6 Å². The fourth-order valence-electron chi connectivity index (χ4n) is 1.72. The summed E-state index contributed by atoms with van der Waals surface area (Å²) in [5.74, 6) is 0. The minimum absolute atomic E-state index is 0. The van der Waals surface area contributed by atoms with Gasteiger partial charge in [0.05, 0.1) is 5.69 Å². The largest absolute Gasteiger partial charge is 1.00 e. The van der Waals surface area contributed by atoms with E-state index in [2.05, 4.69) is 33.0 Å². The van der Waals surface area contributed by atoms with E-state index in [9.17, 15) is 0 Å². The molecule has 3 rings (SSSR count). The average molecular weight is 353 g/mol. The zero-order chi connectivity index (χ0) is 11.0. The Labute approximate surface area is 118 Å². The number of pyridine rings is 1. The summed E-state index contributed by atoms with van der Waals surface area (Å²) in [6.07, 6.45) is 4.04. The molecule has 2 heterocycles. The van der Waals surface area contributed by atoms with Gasteiger partial charge in [-0.3, -0.25) is 0 Å². The van der Waals surface area contributed by atoms with Gasteiger partial charge in [0, 0.05) is 22.4 Å². The second kappa shape index (κ2) is 5.02. The zero-order valence-corrected chi connectivity index (χ0v) is 12.0. The monoisotopic (exact) mass is 351 g/mol. The summed E-state index contributed by atoms with van der Waals surface area (Å²) in [4.78, 5) is 4.57. The predicted octanol–water partition coefficient (Wildman–Crippen LogP) is 0.768. The van der Waals surface area contributed by atoms with Gasteiger partial charge in [0.15, 0.2) is 0 Å². The van der Waals surface area contributed by atoms with Crippen LogP contribution in [0.2, 0.25) is 0 Å². The van der Waals surface area contributed by atoms with Crippen molar-refractivity contribution < 1.29 is 17.0 Å². The molecule has 0 amide bonds. The van der Waals surface area contributed by atoms with E-state index in [1.165, 1.54) is 0 Å². The van der Waals surface area contributed by atoms with Crippen LogP contribution in [-0.4, -0.2) is 9.38 Å². The smallest absolute Gasteiger partial charge is 0.137 e. The fraction of sp³-hybridized carbons (Fsp3) is 0. The van der Waals surface area contributed by atoms with Gasteiger partial charge in [0.1, 0.15) is 5.65 Å². The molecule has 3 aromatic rings. The number of rotatable bonds is 1. The minimum Gasteiger partial charge on any atom is -1.00 e. The third-order valence-electron chi connectivity index (χ3n) is 2.48. The van der Waals surface area contributed by atoms with E-state index in [4.69, 9.17) is 0 Å². The van der Waals surface area contributed by atoms with Crippen LogP contribution in [0.4, 0.5) is 0 Å². The first-order valence-electron chi connectivity index (χ1n) is 5.02. The van der Waals surface area contributed by atoms with Crippen LogP contribution in [0.25, 0.3) is 16.9 Å². The van der Waals surface area contributed by atoms with Gasteiger partial charge in [-0.15, -0.1) is 0 Å². The molecule has 86 valence electrons. The number of fused-ring (bicyclic) bond motifs is 1. The van der Waals surface area contributed by atoms with E-state index in [0.29, 0.717) is 0 Å². The van der Waals surface area contributed by atoms with E-state index in [1.54, 1.807) is 0 Å². The van der Waals surface area contributed by atoms with Crippen molar-refractivity contribution in [3.63, 3.8) is 0 Å². The Bertz CT molecular complexity index is 613. The number of aromatic nitrogens is 2. The summed E-state index contributed by atoms with van der Waals surface area (Å²) < 4.78 is 3.10. The van der Waals surface area contributed by atoms with E-state index in [1.807, 2.05) is 47.1 Å². The minimum atomic E-state index is 0. The number of imidazole rings is 1. The molecular weight excluding hydrogens is 344 g/mol. The van der Waals surface area contributed by atoms with Gasteiger partial charge in [0.25, 0.3) is 0 Å². The Hall–Kier alpha value is -1.13. The molecule has 0 radical (unpaired) electrons. The van der Waals surface area contributed by atoms with Crippen LogP contribution in [0.5, 0.6) is 0 Å². The van der Waals surface area contributed by atoms with Gasteiger partial charge >= 0.3 is 0 Å². The van der Waals surface area contributed by atoms with Crippen molar-refractivity contribution in [1.82, 2.24) is 9.38 Å². The third-order valence-corrected chi connectivity index (χ3v) is 2.98. The number of hydrogen-bond acceptors (Lipinski definition) is 1. The summed E-state index contributed by atoms with van der Waals surface area (Å²) in [7, 11) is 0. The summed E-state index contributed by atoms with van der Waals surface area (Å²) in [6.45, 7) is 0. The molecule has 0 aliphatic carbocycles. The highest BCUT2D eigenvalue weighted by Crippen LogP contribution is 2.22. The summed E-state index contributed by atoms with van der Waals surface area (Å²) in [6, 6.07) is 14.2. The van der Waals surface area contributed by atoms with Gasteiger partial charge in [-0.1, -0.05) is 34.1 Å². The van der Waals surface area contributed by atoms with Gasteiger partial charge in [-0.2, -0.15) is 0 Å². The normalized spacial score (nSPS) is 10.2. The topological polar surface area (TPSA) is 17.3 Å². The highest BCUT2D eigenvalue weighted by Gasteiger charge is 2.03. The fourth-order valence-corrected chi connectivity index (χ4v) is 2.12. The Morgan fingerprint density at radius 3 is 2.71 bits per heavy atom. The summed E-state index contributed by atoms with van der Waals surface area (Å²) >= 11 is 3.47. The van der Waals surface area contributed by atoms with Crippen LogP contribution >= 0.6 is 15.9 Å². The molecule has 0 saturated heterocycles. The van der Waals surface area contributed by atoms with Crippen molar-refractivity contribution in [2.45, 2.75) is 0 Å². The van der Waals surface area contributed by atoms with Gasteiger partial charge in [0.2, 0.25) is 0 Å². The average Bonchev–Trinajstić information content (AvgIpc) is 2.72. The number of benzene rings is 1. The van der Waals surface area contributed by atoms with Gasteiger partial charge in [-0.05, 0) is 24.3 Å². The number of nitrogens with zero attached hydrogens (tertiary/aromatic N) is 2. The first-order chi connectivity index (χ1) is 7.83. The third kappa shape index (κ3) is 2.42. The molecule has 0 aliphatic rings. The second-order valence-corrected chi connectivity index (χ2v) is 4.52. The molecule has 0 bridgehead atoms. The Kier molecular flexibility index (Phi) is 3.64. The van der Waals surface area contributed by atoms with Crippen molar-refractivity contribution in [3.8, 4) is 11.3 Å². The lowest BCUT2D eigenvalue weighted by Gasteiger charge is -1.95. The lowest BCUT2D eigenvalue weighted by molar-refractivity contribution is -0.00000310. The van der Waals surface area contributed by atoms with E-state index in [-0.39, 0.29) is 17.0 Å². The molecule has 0 saturated carbocycles. The molecule has 0 fully saturated rings. The predicted molar refractivity (Wildman–Crippen MR) is 68.3 cm³/mol. The standard InChI is InChI=1S/C13H9BrN2.BrH/c14-11-5-3-4-10(8-11)12-9-16-7-2-1-6-13(16)15-12;/h1-9H;1H/p-1. The van der Waals surface area contributed by atoms with E-state index < -0.39 is 0 Å². The molecule has 0 unspecified atom stereocenters. The molecular formula is C13H9Br2N2-. The van der Waals surface area contributed by atoms with E-state index >= 15 is 0 Å². The maximum Gasteiger partial charge on any atom is 0.137 e. The van der Waals surface area contributed by atoms with Crippen LogP contribution in [0.3, 0.4) is 0 Å². The Balaban J connectivity index is 0.00000108. The maximum absolute atomic E-state index is 4.57. The van der Waals surface area contributed by atoms with Crippen molar-refractivity contribution in [1.29, 1.82) is 0 Å². The van der Waals surface area contributed by atoms with Crippen molar-refractivity contribution in [2.75, 3.05) is 0 Å². The van der Waals surface area contributed by atoms with E-state index in [0.717, 1.165) is 21.4 Å². The summed E-state index contributed by atoms with van der Waals surface area (Å²) in [5.41, 5.74) is 3.09. The highest BCUT2D eigenvalue weighted by atomic mass is 79.9. The molecule has 1 aromatic carbocycles. The molecule has 17 heavy (non-hydrogen) atoms. The first-order valence-corrected chi connectivity index (χ1v) is 5.82. The number of hydrogen-bond donors (Lipinski definition) is 0. The Morgan fingerprint density at radius 2 is 1.94 bits per heavy atom. The molecule has 4 heteroatoms. The van der Waals surface area contributed by atoms with Crippen LogP contribution in [0.1, 0.15) is 0 Å². The summed E-state index contributed by atoms with van der Waals surface area (Å²) in [5, 5.41) is 0. The van der Waals surface area contributed by atoms with Crippen LogP contribution in [-0.2, 0) is 0 Å². The molecule has 0 atom stereocenters. The SMILES string of the molecule is Brc1cccc(-c2cn3ccccc3n2)c1.[Br-]. The zero-order valence-electron chi connectivity index (χ0n) is 8.85. The quantitative estimate of drug-likeness (QED) is 0.632. The maximum atomic E-state index is 4.57. The number of halogens is 2. The van der Waals surface area contributed by atoms with Crippen LogP contribution in [0, 0.1) is 0 Å². The first kappa shape index (κ1) is 12.3. The second-order valence-electron chi connectivity index (χ2n) is 3.60. The van der Waals surface area contributed by atoms with Crippen LogP contribution in [0.15, 0.2) is 59.3 Å². The molecule has 0 spiro atoms. The molecule has 2 aromatic heterocycles. The lowest BCUT2D eigenvalue weighted by Crippen LogP contribution is -3.00. The molecule has 0 aliphatic heterocycles. The molecule has 0 N–H and O–H groups in total. The lowest BCUT2D eigenvalue weighted by atomic mass is 10.2. The van der Waals surface area contributed by atoms with Crippen molar-refractivity contribution in [3.05, 3.63) is 59.3 Å². The highest BCUT2D eigenvalue weighted by molar-refractivity contribution is 9.10. The van der Waals surface area contributed by atoms with Gasteiger partial charge in [-0.25, -0.2) is 4.98 Å². The van der Waals surface area contributed by atoms with Crippen LogP contribution < -0.4 is 17.0 Å². The van der Waals surface area contributed by atoms with Gasteiger partial charge < -0.3 is 21.4 Å².